The SMILES string of the molecule is Cc1csc(=O)n1Cc1ccc(Cl)c([N+](=O)[O-])c1. The zero-order chi connectivity index (χ0) is 13.3. The Morgan fingerprint density at radius 1 is 1.50 bits per heavy atom. The lowest BCUT2D eigenvalue weighted by Gasteiger charge is -2.05. The molecule has 0 saturated carbocycles. The Morgan fingerprint density at radius 3 is 2.78 bits per heavy atom. The second-order valence-electron chi connectivity index (χ2n) is 3.77. The molecule has 0 bridgehead atoms. The summed E-state index contributed by atoms with van der Waals surface area (Å²) >= 11 is 6.84. The van der Waals surface area contributed by atoms with Gasteiger partial charge in [-0.2, -0.15) is 0 Å². The normalized spacial score (nSPS) is 10.6. The molecule has 5 nitrogen and oxygen atoms in total. The molecular weight excluding hydrogens is 276 g/mol. The van der Waals surface area contributed by atoms with Gasteiger partial charge in [0.2, 0.25) is 0 Å². The molecule has 1 aromatic heterocycles. The molecule has 0 aliphatic carbocycles. The molecule has 1 heterocycles. The van der Waals surface area contributed by atoms with Crippen molar-refractivity contribution in [2.45, 2.75) is 13.5 Å². The molecule has 2 aromatic rings. The summed E-state index contributed by atoms with van der Waals surface area (Å²) in [5.41, 5.74) is 1.37. The number of rotatable bonds is 3. The number of aryl methyl sites for hydroxylation is 1. The monoisotopic (exact) mass is 284 g/mol. The van der Waals surface area contributed by atoms with E-state index in [2.05, 4.69) is 0 Å². The van der Waals surface area contributed by atoms with Gasteiger partial charge in [0.05, 0.1) is 11.5 Å². The molecule has 18 heavy (non-hydrogen) atoms. The van der Waals surface area contributed by atoms with Crippen molar-refractivity contribution < 1.29 is 4.92 Å². The van der Waals surface area contributed by atoms with E-state index in [4.69, 9.17) is 11.6 Å². The van der Waals surface area contributed by atoms with Crippen LogP contribution in [-0.4, -0.2) is 9.49 Å². The van der Waals surface area contributed by atoms with Gasteiger partial charge in [0.15, 0.2) is 0 Å². The van der Waals surface area contributed by atoms with Crippen LogP contribution in [0, 0.1) is 17.0 Å². The standard InChI is InChI=1S/C11H9ClN2O3S/c1-7-6-18-11(15)13(7)5-8-2-3-9(12)10(4-8)14(16)17/h2-4,6H,5H2,1H3. The van der Waals surface area contributed by atoms with Crippen molar-refractivity contribution in [3.8, 4) is 0 Å². The maximum absolute atomic E-state index is 11.6. The van der Waals surface area contributed by atoms with Gasteiger partial charge in [-0.1, -0.05) is 29.0 Å². The molecule has 0 spiro atoms. The Balaban J connectivity index is 2.39. The average molecular weight is 285 g/mol. The van der Waals surface area contributed by atoms with Crippen LogP contribution in [-0.2, 0) is 6.54 Å². The zero-order valence-corrected chi connectivity index (χ0v) is 11.0. The van der Waals surface area contributed by atoms with Crippen molar-refractivity contribution in [1.82, 2.24) is 4.57 Å². The summed E-state index contributed by atoms with van der Waals surface area (Å²) in [6.07, 6.45) is 0. The number of aromatic nitrogens is 1. The first-order chi connectivity index (χ1) is 8.49. The Kier molecular flexibility index (Phi) is 3.49. The summed E-state index contributed by atoms with van der Waals surface area (Å²) in [6, 6.07) is 4.55. The minimum atomic E-state index is -0.533. The zero-order valence-electron chi connectivity index (χ0n) is 9.42. The molecule has 0 N–H and O–H groups in total. The minimum Gasteiger partial charge on any atom is -0.299 e. The molecule has 2 rings (SSSR count). The highest BCUT2D eigenvalue weighted by Crippen LogP contribution is 2.25. The third-order valence-electron chi connectivity index (χ3n) is 2.52. The Morgan fingerprint density at radius 2 is 2.22 bits per heavy atom. The van der Waals surface area contributed by atoms with Crippen LogP contribution in [0.25, 0.3) is 0 Å². The van der Waals surface area contributed by atoms with Crippen molar-refractivity contribution in [3.05, 3.63) is 59.6 Å². The van der Waals surface area contributed by atoms with Gasteiger partial charge in [-0.15, -0.1) is 0 Å². The van der Waals surface area contributed by atoms with Crippen LogP contribution in [0.3, 0.4) is 0 Å². The highest BCUT2D eigenvalue weighted by molar-refractivity contribution is 7.07. The van der Waals surface area contributed by atoms with Gasteiger partial charge < -0.3 is 0 Å². The van der Waals surface area contributed by atoms with Gasteiger partial charge in [0.1, 0.15) is 5.02 Å². The van der Waals surface area contributed by atoms with Crippen molar-refractivity contribution >= 4 is 28.6 Å². The number of nitrogens with zero attached hydrogens (tertiary/aromatic N) is 2. The van der Waals surface area contributed by atoms with E-state index in [0.717, 1.165) is 17.0 Å². The third-order valence-corrected chi connectivity index (χ3v) is 3.72. The van der Waals surface area contributed by atoms with E-state index < -0.39 is 4.92 Å². The summed E-state index contributed by atoms with van der Waals surface area (Å²) in [6.45, 7) is 2.13. The van der Waals surface area contributed by atoms with Crippen molar-refractivity contribution in [1.29, 1.82) is 0 Å². The molecule has 0 aliphatic heterocycles. The fourth-order valence-corrected chi connectivity index (χ4v) is 2.50. The quantitative estimate of drug-likeness (QED) is 0.643. The third kappa shape index (κ3) is 2.44. The number of thiazole rings is 1. The van der Waals surface area contributed by atoms with E-state index in [9.17, 15) is 14.9 Å². The average Bonchev–Trinajstić information content (AvgIpc) is 2.63. The van der Waals surface area contributed by atoms with Gasteiger partial charge in [-0.3, -0.25) is 19.5 Å². The molecule has 0 radical (unpaired) electrons. The highest BCUT2D eigenvalue weighted by Gasteiger charge is 2.13. The van der Waals surface area contributed by atoms with Gasteiger partial charge in [-0.25, -0.2) is 0 Å². The first-order valence-electron chi connectivity index (χ1n) is 5.07. The molecule has 0 aliphatic rings. The van der Waals surface area contributed by atoms with E-state index in [1.165, 1.54) is 12.1 Å². The van der Waals surface area contributed by atoms with E-state index in [0.29, 0.717) is 12.1 Å². The van der Waals surface area contributed by atoms with Gasteiger partial charge in [0.25, 0.3) is 5.69 Å². The van der Waals surface area contributed by atoms with Crippen LogP contribution in [0.4, 0.5) is 5.69 Å². The second kappa shape index (κ2) is 4.91. The Bertz CT molecular complexity index is 663. The number of hydrogen-bond donors (Lipinski definition) is 0. The predicted molar refractivity (Wildman–Crippen MR) is 70.5 cm³/mol. The van der Waals surface area contributed by atoms with E-state index in [1.54, 1.807) is 16.0 Å². The summed E-state index contributed by atoms with van der Waals surface area (Å²) < 4.78 is 1.57. The minimum absolute atomic E-state index is 0.0786. The lowest BCUT2D eigenvalue weighted by atomic mass is 10.2. The molecule has 0 amide bonds. The molecule has 94 valence electrons. The lowest BCUT2D eigenvalue weighted by molar-refractivity contribution is -0.384. The fourth-order valence-electron chi connectivity index (χ4n) is 1.58. The first-order valence-corrected chi connectivity index (χ1v) is 6.32. The molecule has 1 aromatic carbocycles. The van der Waals surface area contributed by atoms with Crippen LogP contribution in [0.1, 0.15) is 11.3 Å². The lowest BCUT2D eigenvalue weighted by Crippen LogP contribution is -2.15. The Hall–Kier alpha value is -1.66. The largest absolute Gasteiger partial charge is 0.307 e. The number of hydrogen-bond acceptors (Lipinski definition) is 4. The molecule has 0 atom stereocenters. The topological polar surface area (TPSA) is 65.1 Å². The van der Waals surface area contributed by atoms with Gasteiger partial charge in [0, 0.05) is 17.1 Å². The maximum Gasteiger partial charge on any atom is 0.307 e. The summed E-state index contributed by atoms with van der Waals surface area (Å²) in [4.78, 5) is 21.7. The van der Waals surface area contributed by atoms with Crippen LogP contribution in [0.2, 0.25) is 5.02 Å². The van der Waals surface area contributed by atoms with E-state index >= 15 is 0 Å². The second-order valence-corrected chi connectivity index (χ2v) is 5.00. The van der Waals surface area contributed by atoms with Gasteiger partial charge in [-0.05, 0) is 18.6 Å². The smallest absolute Gasteiger partial charge is 0.299 e. The number of nitro benzene ring substituents is 1. The van der Waals surface area contributed by atoms with Crippen molar-refractivity contribution in [2.24, 2.45) is 0 Å². The van der Waals surface area contributed by atoms with Crippen LogP contribution >= 0.6 is 22.9 Å². The van der Waals surface area contributed by atoms with Gasteiger partial charge >= 0.3 is 4.87 Å². The van der Waals surface area contributed by atoms with Crippen LogP contribution in [0.15, 0.2) is 28.4 Å². The van der Waals surface area contributed by atoms with Crippen LogP contribution in [0.5, 0.6) is 0 Å². The molecule has 7 heteroatoms. The predicted octanol–water partition coefficient (Wildman–Crippen LogP) is 2.83. The molecule has 0 fully saturated rings. The van der Waals surface area contributed by atoms with E-state index in [1.807, 2.05) is 6.92 Å². The fraction of sp³-hybridized carbons (Fsp3) is 0.182. The van der Waals surface area contributed by atoms with Crippen molar-refractivity contribution in [2.75, 3.05) is 0 Å². The number of benzene rings is 1. The first kappa shape index (κ1) is 12.8. The highest BCUT2D eigenvalue weighted by atomic mass is 35.5. The number of halogens is 1. The molecule has 0 unspecified atom stereocenters. The number of nitro groups is 1. The van der Waals surface area contributed by atoms with Crippen molar-refractivity contribution in [3.63, 3.8) is 0 Å². The van der Waals surface area contributed by atoms with E-state index in [-0.39, 0.29) is 15.6 Å². The molecular formula is C11H9ClN2O3S. The summed E-state index contributed by atoms with van der Waals surface area (Å²) in [5.74, 6) is 0. The van der Waals surface area contributed by atoms with Crippen LogP contribution < -0.4 is 4.87 Å². The Labute approximate surface area is 111 Å². The summed E-state index contributed by atoms with van der Waals surface area (Å²) in [7, 11) is 0. The summed E-state index contributed by atoms with van der Waals surface area (Å²) in [5, 5.41) is 12.6. The molecule has 0 saturated heterocycles. The maximum atomic E-state index is 11.6.